The summed E-state index contributed by atoms with van der Waals surface area (Å²) in [5.41, 5.74) is 1.35. The van der Waals surface area contributed by atoms with Gasteiger partial charge in [0, 0.05) is 21.8 Å². The van der Waals surface area contributed by atoms with Gasteiger partial charge in [-0.25, -0.2) is 8.42 Å². The molecule has 1 aromatic heterocycles. The van der Waals surface area contributed by atoms with E-state index < -0.39 is 9.05 Å². The van der Waals surface area contributed by atoms with Gasteiger partial charge in [0.25, 0.3) is 9.05 Å². The zero-order chi connectivity index (χ0) is 12.6. The van der Waals surface area contributed by atoms with Gasteiger partial charge in [-0.2, -0.15) is 0 Å². The van der Waals surface area contributed by atoms with E-state index in [9.17, 15) is 8.42 Å². The molecule has 2 rings (SSSR count). The Balaban J connectivity index is 2.96. The van der Waals surface area contributed by atoms with Crippen LogP contribution in [0.4, 0.5) is 0 Å². The Morgan fingerprint density at radius 1 is 1.41 bits per heavy atom. The first-order valence-corrected chi connectivity index (χ1v) is 7.23. The van der Waals surface area contributed by atoms with Crippen molar-refractivity contribution in [2.24, 2.45) is 0 Å². The molecule has 0 aliphatic rings. The maximum atomic E-state index is 11.6. The highest BCUT2D eigenvalue weighted by atomic mass is 35.7. The van der Waals surface area contributed by atoms with Crippen LogP contribution in [0.5, 0.6) is 0 Å². The minimum atomic E-state index is -3.77. The van der Waals surface area contributed by atoms with Gasteiger partial charge in [0.2, 0.25) is 0 Å². The van der Waals surface area contributed by atoms with Gasteiger partial charge in [-0.3, -0.25) is 0 Å². The average Bonchev–Trinajstić information content (AvgIpc) is 2.52. The van der Waals surface area contributed by atoms with Crippen molar-refractivity contribution in [1.82, 2.24) is 4.57 Å². The number of benzene rings is 1. The van der Waals surface area contributed by atoms with E-state index in [0.29, 0.717) is 17.6 Å². The van der Waals surface area contributed by atoms with Gasteiger partial charge in [-0.05, 0) is 13.0 Å². The second-order valence-electron chi connectivity index (χ2n) is 3.66. The van der Waals surface area contributed by atoms with Crippen molar-refractivity contribution < 1.29 is 8.42 Å². The summed E-state index contributed by atoms with van der Waals surface area (Å²) in [5.74, 6) is 2.51. The van der Waals surface area contributed by atoms with Gasteiger partial charge in [0.15, 0.2) is 0 Å². The molecule has 88 valence electrons. The fourth-order valence-electron chi connectivity index (χ4n) is 2.00. The molecule has 0 saturated carbocycles. The van der Waals surface area contributed by atoms with Crippen LogP contribution in [0.25, 0.3) is 10.9 Å². The zero-order valence-electron chi connectivity index (χ0n) is 9.14. The molecule has 0 fully saturated rings. The summed E-state index contributed by atoms with van der Waals surface area (Å²) < 4.78 is 24.9. The lowest BCUT2D eigenvalue weighted by Gasteiger charge is -2.02. The molecule has 5 heteroatoms. The maximum absolute atomic E-state index is 11.6. The topological polar surface area (TPSA) is 39.1 Å². The lowest BCUT2D eigenvalue weighted by Crippen LogP contribution is -2.00. The summed E-state index contributed by atoms with van der Waals surface area (Å²) in [5, 5.41) is 0.607. The van der Waals surface area contributed by atoms with Gasteiger partial charge < -0.3 is 4.57 Å². The smallest absolute Gasteiger partial charge is 0.263 e. The maximum Gasteiger partial charge on any atom is 0.263 e. The van der Waals surface area contributed by atoms with E-state index in [1.807, 2.05) is 12.1 Å². The highest BCUT2D eigenvalue weighted by molar-refractivity contribution is 8.14. The Kier molecular flexibility index (Phi) is 2.90. The first kappa shape index (κ1) is 12.0. The van der Waals surface area contributed by atoms with E-state index in [0.717, 1.165) is 5.52 Å². The zero-order valence-corrected chi connectivity index (χ0v) is 10.7. The van der Waals surface area contributed by atoms with Crippen LogP contribution in [-0.2, 0) is 15.6 Å². The summed E-state index contributed by atoms with van der Waals surface area (Å²) in [7, 11) is 1.69. The third-order valence-corrected chi connectivity index (χ3v) is 4.13. The molecule has 2 aromatic rings. The van der Waals surface area contributed by atoms with E-state index >= 15 is 0 Å². The second kappa shape index (κ2) is 4.10. The number of nitrogens with zero attached hydrogens (tertiary/aromatic N) is 1. The third-order valence-electron chi connectivity index (χ3n) is 2.67. The fourth-order valence-corrected chi connectivity index (χ4v) is 3.48. The molecule has 0 unspecified atom stereocenters. The molecular weight excluding hydrogens is 258 g/mol. The molecule has 1 heterocycles. The standard InChI is InChI=1S/C12H10ClNO2S/c1-3-8-14-9(2)12(17(13,15)16)10-6-4-5-7-11(10)14/h1,4-7H,8H2,2H3. The van der Waals surface area contributed by atoms with Gasteiger partial charge in [0.1, 0.15) is 4.90 Å². The number of aromatic nitrogens is 1. The Morgan fingerprint density at radius 3 is 2.65 bits per heavy atom. The molecule has 0 amide bonds. The molecule has 1 aromatic carbocycles. The van der Waals surface area contributed by atoms with Crippen LogP contribution in [-0.4, -0.2) is 13.0 Å². The van der Waals surface area contributed by atoms with E-state index in [1.165, 1.54) is 0 Å². The van der Waals surface area contributed by atoms with Crippen molar-refractivity contribution in [3.63, 3.8) is 0 Å². The molecule has 3 nitrogen and oxygen atoms in total. The third kappa shape index (κ3) is 1.92. The second-order valence-corrected chi connectivity index (χ2v) is 6.16. The van der Waals surface area contributed by atoms with Gasteiger partial charge in [-0.15, -0.1) is 6.42 Å². The van der Waals surface area contributed by atoms with Crippen LogP contribution < -0.4 is 0 Å². The molecule has 0 atom stereocenters. The average molecular weight is 268 g/mol. The van der Waals surface area contributed by atoms with Gasteiger partial charge >= 0.3 is 0 Å². The Labute approximate surface area is 104 Å². The Morgan fingerprint density at radius 2 is 2.06 bits per heavy atom. The predicted molar refractivity (Wildman–Crippen MR) is 68.5 cm³/mol. The lowest BCUT2D eigenvalue weighted by atomic mass is 10.2. The highest BCUT2D eigenvalue weighted by Crippen LogP contribution is 2.31. The first-order chi connectivity index (χ1) is 7.96. The molecule has 0 aliphatic carbocycles. The molecule has 0 spiro atoms. The number of fused-ring (bicyclic) bond motifs is 1. The van der Waals surface area contributed by atoms with E-state index in [2.05, 4.69) is 5.92 Å². The van der Waals surface area contributed by atoms with Crippen molar-refractivity contribution in [1.29, 1.82) is 0 Å². The highest BCUT2D eigenvalue weighted by Gasteiger charge is 2.22. The number of halogens is 1. The number of para-hydroxylation sites is 1. The normalized spacial score (nSPS) is 11.6. The van der Waals surface area contributed by atoms with Crippen LogP contribution in [0.3, 0.4) is 0 Å². The summed E-state index contributed by atoms with van der Waals surface area (Å²) in [6, 6.07) is 7.16. The van der Waals surface area contributed by atoms with E-state index in [4.69, 9.17) is 17.1 Å². The van der Waals surface area contributed by atoms with Crippen LogP contribution in [0, 0.1) is 19.3 Å². The summed E-state index contributed by atoms with van der Waals surface area (Å²) in [6.07, 6.45) is 5.29. The van der Waals surface area contributed by atoms with Crippen molar-refractivity contribution in [2.75, 3.05) is 0 Å². The summed E-state index contributed by atoms with van der Waals surface area (Å²) >= 11 is 0. The quantitative estimate of drug-likeness (QED) is 0.620. The molecule has 0 radical (unpaired) electrons. The molecule has 17 heavy (non-hydrogen) atoms. The van der Waals surface area contributed by atoms with Crippen LogP contribution in [0.1, 0.15) is 5.69 Å². The molecule has 0 saturated heterocycles. The summed E-state index contributed by atoms with van der Waals surface area (Å²) in [6.45, 7) is 2.02. The molecule has 0 bridgehead atoms. The minimum absolute atomic E-state index is 0.144. The fraction of sp³-hybridized carbons (Fsp3) is 0.167. The number of hydrogen-bond donors (Lipinski definition) is 0. The number of hydrogen-bond acceptors (Lipinski definition) is 2. The van der Waals surface area contributed by atoms with Crippen LogP contribution in [0.2, 0.25) is 0 Å². The lowest BCUT2D eigenvalue weighted by molar-refractivity contribution is 0.609. The van der Waals surface area contributed by atoms with Crippen molar-refractivity contribution >= 4 is 30.6 Å². The van der Waals surface area contributed by atoms with E-state index in [1.54, 1.807) is 23.6 Å². The van der Waals surface area contributed by atoms with Gasteiger partial charge in [0.05, 0.1) is 12.1 Å². The Bertz CT molecular complexity index is 723. The minimum Gasteiger partial charge on any atom is -0.332 e. The van der Waals surface area contributed by atoms with Crippen molar-refractivity contribution in [2.45, 2.75) is 18.4 Å². The number of rotatable bonds is 2. The molecule has 0 N–H and O–H groups in total. The summed E-state index contributed by atoms with van der Waals surface area (Å²) in [4.78, 5) is 0.144. The van der Waals surface area contributed by atoms with Crippen molar-refractivity contribution in [3.05, 3.63) is 30.0 Å². The molecular formula is C12H10ClNO2S. The largest absolute Gasteiger partial charge is 0.332 e. The SMILES string of the molecule is C#CCn1c(C)c(S(=O)(=O)Cl)c2ccccc21. The van der Waals surface area contributed by atoms with E-state index in [-0.39, 0.29) is 4.90 Å². The van der Waals surface area contributed by atoms with Crippen LogP contribution >= 0.6 is 10.7 Å². The van der Waals surface area contributed by atoms with Crippen LogP contribution in [0.15, 0.2) is 29.2 Å². The number of terminal acetylenes is 1. The van der Waals surface area contributed by atoms with Gasteiger partial charge in [-0.1, -0.05) is 24.1 Å². The Hall–Kier alpha value is -1.44. The molecule has 0 aliphatic heterocycles. The monoisotopic (exact) mass is 267 g/mol. The predicted octanol–water partition coefficient (Wildman–Crippen LogP) is 2.51. The first-order valence-electron chi connectivity index (χ1n) is 4.92. The van der Waals surface area contributed by atoms with Crippen molar-refractivity contribution in [3.8, 4) is 12.3 Å².